The van der Waals surface area contributed by atoms with Crippen LogP contribution in [0.5, 0.6) is 0 Å². The van der Waals surface area contributed by atoms with Crippen molar-refractivity contribution in [2.75, 3.05) is 0 Å². The predicted molar refractivity (Wildman–Crippen MR) is 74.1 cm³/mol. The first-order valence-electron chi connectivity index (χ1n) is 7.08. The SMILES string of the molecule is CCCCCCCCC(O)c1cc(C)cc(F)c1. The lowest BCUT2D eigenvalue weighted by Crippen LogP contribution is -1.99. The summed E-state index contributed by atoms with van der Waals surface area (Å²) in [5.74, 6) is -0.257. The Balaban J connectivity index is 2.29. The first kappa shape index (κ1) is 15.2. The van der Waals surface area contributed by atoms with E-state index in [0.29, 0.717) is 5.56 Å². The molecule has 0 spiro atoms. The van der Waals surface area contributed by atoms with Gasteiger partial charge in [-0.15, -0.1) is 0 Å². The van der Waals surface area contributed by atoms with E-state index in [1.807, 2.05) is 13.0 Å². The maximum absolute atomic E-state index is 13.2. The molecule has 2 heteroatoms. The second-order valence-corrected chi connectivity index (χ2v) is 5.13. The van der Waals surface area contributed by atoms with Gasteiger partial charge in [-0.05, 0) is 36.6 Å². The Bertz CT molecular complexity index is 329. The fourth-order valence-electron chi connectivity index (χ4n) is 2.24. The number of aryl methyl sites for hydroxylation is 1. The number of hydrogen-bond acceptors (Lipinski definition) is 1. The van der Waals surface area contributed by atoms with Crippen molar-refractivity contribution in [3.63, 3.8) is 0 Å². The molecule has 1 atom stereocenters. The molecule has 18 heavy (non-hydrogen) atoms. The Hall–Kier alpha value is -0.890. The van der Waals surface area contributed by atoms with E-state index in [1.165, 1.54) is 37.8 Å². The fraction of sp³-hybridized carbons (Fsp3) is 0.625. The van der Waals surface area contributed by atoms with Gasteiger partial charge in [0.05, 0.1) is 6.10 Å². The zero-order chi connectivity index (χ0) is 13.4. The highest BCUT2D eigenvalue weighted by Gasteiger charge is 2.08. The minimum Gasteiger partial charge on any atom is -0.388 e. The molecule has 1 N–H and O–H groups in total. The molecule has 0 radical (unpaired) electrons. The van der Waals surface area contributed by atoms with E-state index in [-0.39, 0.29) is 5.82 Å². The van der Waals surface area contributed by atoms with Gasteiger partial charge in [-0.25, -0.2) is 4.39 Å². The minimum atomic E-state index is -0.523. The van der Waals surface area contributed by atoms with Crippen molar-refractivity contribution < 1.29 is 9.50 Å². The molecule has 0 fully saturated rings. The monoisotopic (exact) mass is 252 g/mol. The molecular formula is C16H25FO. The summed E-state index contributed by atoms with van der Waals surface area (Å²) >= 11 is 0. The van der Waals surface area contributed by atoms with Crippen LogP contribution in [0.4, 0.5) is 4.39 Å². The van der Waals surface area contributed by atoms with Crippen LogP contribution in [-0.2, 0) is 0 Å². The Morgan fingerprint density at radius 2 is 1.72 bits per heavy atom. The van der Waals surface area contributed by atoms with Crippen LogP contribution in [0.25, 0.3) is 0 Å². The Morgan fingerprint density at radius 3 is 2.39 bits per heavy atom. The van der Waals surface area contributed by atoms with E-state index in [2.05, 4.69) is 6.92 Å². The summed E-state index contributed by atoms with van der Waals surface area (Å²) in [7, 11) is 0. The predicted octanol–water partition coefficient (Wildman–Crippen LogP) is 4.92. The van der Waals surface area contributed by atoms with Gasteiger partial charge < -0.3 is 5.11 Å². The molecule has 0 aliphatic heterocycles. The van der Waals surface area contributed by atoms with Crippen LogP contribution < -0.4 is 0 Å². The van der Waals surface area contributed by atoms with Gasteiger partial charge in [-0.2, -0.15) is 0 Å². The zero-order valence-electron chi connectivity index (χ0n) is 11.6. The average Bonchev–Trinajstić information content (AvgIpc) is 2.32. The lowest BCUT2D eigenvalue weighted by molar-refractivity contribution is 0.163. The van der Waals surface area contributed by atoms with Crippen LogP contribution in [0.15, 0.2) is 18.2 Å². The summed E-state index contributed by atoms with van der Waals surface area (Å²) < 4.78 is 13.2. The van der Waals surface area contributed by atoms with Crippen molar-refractivity contribution in [1.29, 1.82) is 0 Å². The quantitative estimate of drug-likeness (QED) is 0.651. The summed E-state index contributed by atoms with van der Waals surface area (Å²) in [4.78, 5) is 0. The molecule has 1 unspecified atom stereocenters. The maximum atomic E-state index is 13.2. The molecular weight excluding hydrogens is 227 g/mol. The first-order valence-corrected chi connectivity index (χ1v) is 7.08. The fourth-order valence-corrected chi connectivity index (χ4v) is 2.24. The number of hydrogen-bond donors (Lipinski definition) is 1. The zero-order valence-corrected chi connectivity index (χ0v) is 11.6. The Labute approximate surface area is 110 Å². The summed E-state index contributed by atoms with van der Waals surface area (Å²) in [6, 6.07) is 4.79. The molecule has 0 aliphatic carbocycles. The lowest BCUT2D eigenvalue weighted by Gasteiger charge is -2.11. The molecule has 0 aliphatic rings. The smallest absolute Gasteiger partial charge is 0.123 e. The summed E-state index contributed by atoms with van der Waals surface area (Å²) in [6.07, 6.45) is 7.46. The highest BCUT2D eigenvalue weighted by molar-refractivity contribution is 5.25. The van der Waals surface area contributed by atoms with Gasteiger partial charge in [0.1, 0.15) is 5.82 Å². The number of aliphatic hydroxyl groups excluding tert-OH is 1. The van der Waals surface area contributed by atoms with Crippen molar-refractivity contribution in [3.05, 3.63) is 35.1 Å². The van der Waals surface area contributed by atoms with Crippen LogP contribution >= 0.6 is 0 Å². The Kier molecular flexibility index (Phi) is 6.96. The molecule has 0 aromatic heterocycles. The number of unbranched alkanes of at least 4 members (excludes halogenated alkanes) is 5. The largest absolute Gasteiger partial charge is 0.388 e. The van der Waals surface area contributed by atoms with Crippen molar-refractivity contribution in [2.45, 2.75) is 64.9 Å². The molecule has 0 saturated heterocycles. The van der Waals surface area contributed by atoms with Gasteiger partial charge in [-0.1, -0.05) is 51.5 Å². The minimum absolute atomic E-state index is 0.257. The topological polar surface area (TPSA) is 20.2 Å². The Morgan fingerprint density at radius 1 is 1.06 bits per heavy atom. The van der Waals surface area contributed by atoms with E-state index in [1.54, 1.807) is 0 Å². The third-order valence-corrected chi connectivity index (χ3v) is 3.28. The maximum Gasteiger partial charge on any atom is 0.123 e. The van der Waals surface area contributed by atoms with Gasteiger partial charge in [-0.3, -0.25) is 0 Å². The van der Waals surface area contributed by atoms with Crippen LogP contribution in [-0.4, -0.2) is 5.11 Å². The first-order chi connectivity index (χ1) is 8.63. The second kappa shape index (κ2) is 8.25. The summed E-state index contributed by atoms with van der Waals surface area (Å²) in [5, 5.41) is 10.0. The van der Waals surface area contributed by atoms with E-state index < -0.39 is 6.10 Å². The molecule has 0 heterocycles. The van der Waals surface area contributed by atoms with Crippen LogP contribution in [0.3, 0.4) is 0 Å². The number of benzene rings is 1. The molecule has 0 bridgehead atoms. The molecule has 1 aromatic rings. The third kappa shape index (κ3) is 5.63. The molecule has 1 aromatic carbocycles. The van der Waals surface area contributed by atoms with E-state index in [9.17, 15) is 9.50 Å². The van der Waals surface area contributed by atoms with Crippen molar-refractivity contribution >= 4 is 0 Å². The van der Waals surface area contributed by atoms with Crippen molar-refractivity contribution in [2.24, 2.45) is 0 Å². The molecule has 102 valence electrons. The van der Waals surface area contributed by atoms with Crippen LogP contribution in [0.1, 0.15) is 69.1 Å². The molecule has 1 nitrogen and oxygen atoms in total. The number of rotatable bonds is 8. The lowest BCUT2D eigenvalue weighted by atomic mass is 10.0. The van der Waals surface area contributed by atoms with Crippen molar-refractivity contribution in [1.82, 2.24) is 0 Å². The highest BCUT2D eigenvalue weighted by Crippen LogP contribution is 2.22. The van der Waals surface area contributed by atoms with Crippen LogP contribution in [0.2, 0.25) is 0 Å². The second-order valence-electron chi connectivity index (χ2n) is 5.13. The average molecular weight is 252 g/mol. The number of halogens is 1. The van der Waals surface area contributed by atoms with Gasteiger partial charge in [0.25, 0.3) is 0 Å². The van der Waals surface area contributed by atoms with E-state index in [4.69, 9.17) is 0 Å². The van der Waals surface area contributed by atoms with Gasteiger partial charge in [0.15, 0.2) is 0 Å². The van der Waals surface area contributed by atoms with Gasteiger partial charge in [0, 0.05) is 0 Å². The van der Waals surface area contributed by atoms with Gasteiger partial charge in [0.2, 0.25) is 0 Å². The number of aliphatic hydroxyl groups is 1. The highest BCUT2D eigenvalue weighted by atomic mass is 19.1. The molecule has 0 amide bonds. The van der Waals surface area contributed by atoms with Crippen molar-refractivity contribution in [3.8, 4) is 0 Å². The normalized spacial score (nSPS) is 12.7. The van der Waals surface area contributed by atoms with Crippen LogP contribution in [0, 0.1) is 12.7 Å². The standard InChI is InChI=1S/C16H25FO/c1-3-4-5-6-7-8-9-16(18)14-10-13(2)11-15(17)12-14/h10-12,16,18H,3-9H2,1-2H3. The van der Waals surface area contributed by atoms with E-state index >= 15 is 0 Å². The molecule has 0 saturated carbocycles. The summed E-state index contributed by atoms with van der Waals surface area (Å²) in [6.45, 7) is 4.06. The van der Waals surface area contributed by atoms with Gasteiger partial charge >= 0.3 is 0 Å². The third-order valence-electron chi connectivity index (χ3n) is 3.28. The molecule has 1 rings (SSSR count). The van der Waals surface area contributed by atoms with E-state index in [0.717, 1.165) is 24.8 Å². The summed E-state index contributed by atoms with van der Waals surface area (Å²) in [5.41, 5.74) is 1.58.